The van der Waals surface area contributed by atoms with Crippen molar-refractivity contribution in [3.63, 3.8) is 0 Å². The largest absolute Gasteiger partial charge is 0.314 e. The lowest BCUT2D eigenvalue weighted by molar-refractivity contribution is 0.558. The molecule has 1 aromatic rings. The van der Waals surface area contributed by atoms with Gasteiger partial charge in [-0.2, -0.15) is 0 Å². The van der Waals surface area contributed by atoms with Crippen LogP contribution in [0.3, 0.4) is 0 Å². The summed E-state index contributed by atoms with van der Waals surface area (Å²) in [7, 11) is -3.85. The van der Waals surface area contributed by atoms with Crippen LogP contribution in [-0.4, -0.2) is 27.5 Å². The SMILES string of the molecule is O=S(=O)(NCCCNC1CC1)c1cc(F)cc(F)c1. The van der Waals surface area contributed by atoms with Crippen LogP contribution in [0.4, 0.5) is 8.78 Å². The molecular formula is C12H16F2N2O2S. The predicted molar refractivity (Wildman–Crippen MR) is 67.2 cm³/mol. The molecule has 1 fully saturated rings. The first kappa shape index (κ1) is 14.4. The molecule has 1 aliphatic rings. The third-order valence-corrected chi connectivity index (χ3v) is 4.24. The highest BCUT2D eigenvalue weighted by atomic mass is 32.2. The fourth-order valence-electron chi connectivity index (χ4n) is 1.66. The van der Waals surface area contributed by atoms with E-state index in [-0.39, 0.29) is 11.4 Å². The van der Waals surface area contributed by atoms with E-state index in [1.165, 1.54) is 12.8 Å². The molecule has 0 spiro atoms. The molecule has 106 valence electrons. The molecule has 0 aromatic heterocycles. The van der Waals surface area contributed by atoms with Gasteiger partial charge in [0.1, 0.15) is 11.6 Å². The molecule has 1 saturated carbocycles. The lowest BCUT2D eigenvalue weighted by atomic mass is 10.3. The Bertz CT molecular complexity index is 524. The second kappa shape index (κ2) is 5.94. The lowest BCUT2D eigenvalue weighted by Crippen LogP contribution is -2.28. The number of hydrogen-bond acceptors (Lipinski definition) is 3. The van der Waals surface area contributed by atoms with E-state index in [9.17, 15) is 17.2 Å². The minimum Gasteiger partial charge on any atom is -0.314 e. The van der Waals surface area contributed by atoms with Gasteiger partial charge in [-0.25, -0.2) is 21.9 Å². The highest BCUT2D eigenvalue weighted by Gasteiger charge is 2.20. The maximum absolute atomic E-state index is 13.0. The first-order valence-corrected chi connectivity index (χ1v) is 7.65. The molecule has 1 aliphatic carbocycles. The predicted octanol–water partition coefficient (Wildman–Crippen LogP) is 1.39. The van der Waals surface area contributed by atoms with Gasteiger partial charge >= 0.3 is 0 Å². The van der Waals surface area contributed by atoms with Crippen LogP contribution in [0.25, 0.3) is 0 Å². The van der Waals surface area contributed by atoms with E-state index in [4.69, 9.17) is 0 Å². The molecule has 4 nitrogen and oxygen atoms in total. The fraction of sp³-hybridized carbons (Fsp3) is 0.500. The van der Waals surface area contributed by atoms with Crippen LogP contribution in [0.2, 0.25) is 0 Å². The normalized spacial score (nSPS) is 15.7. The van der Waals surface area contributed by atoms with Crippen LogP contribution < -0.4 is 10.0 Å². The summed E-state index contributed by atoms with van der Waals surface area (Å²) in [5.74, 6) is -1.81. The van der Waals surface area contributed by atoms with Crippen LogP contribution in [0.15, 0.2) is 23.1 Å². The molecule has 0 aliphatic heterocycles. The Balaban J connectivity index is 1.85. The molecule has 0 unspecified atom stereocenters. The van der Waals surface area contributed by atoms with Crippen LogP contribution in [0.5, 0.6) is 0 Å². The van der Waals surface area contributed by atoms with Gasteiger partial charge in [0, 0.05) is 18.7 Å². The van der Waals surface area contributed by atoms with E-state index < -0.39 is 21.7 Å². The van der Waals surface area contributed by atoms with Gasteiger partial charge in [0.05, 0.1) is 4.90 Å². The van der Waals surface area contributed by atoms with Crippen LogP contribution in [0.1, 0.15) is 19.3 Å². The van der Waals surface area contributed by atoms with E-state index in [1.807, 2.05) is 0 Å². The van der Waals surface area contributed by atoms with Gasteiger partial charge in [-0.15, -0.1) is 0 Å². The van der Waals surface area contributed by atoms with E-state index in [0.29, 0.717) is 18.5 Å². The number of rotatable bonds is 7. The minimum absolute atomic E-state index is 0.236. The maximum atomic E-state index is 13.0. The molecule has 7 heteroatoms. The second-order valence-electron chi connectivity index (χ2n) is 4.58. The highest BCUT2D eigenvalue weighted by Crippen LogP contribution is 2.18. The van der Waals surface area contributed by atoms with Gasteiger partial charge in [-0.05, 0) is 37.9 Å². The summed E-state index contributed by atoms with van der Waals surface area (Å²) < 4.78 is 51.8. The monoisotopic (exact) mass is 290 g/mol. The minimum atomic E-state index is -3.85. The van der Waals surface area contributed by atoms with Gasteiger partial charge in [-0.1, -0.05) is 0 Å². The first-order valence-electron chi connectivity index (χ1n) is 6.16. The summed E-state index contributed by atoms with van der Waals surface area (Å²) in [4.78, 5) is -0.389. The first-order chi connectivity index (χ1) is 8.97. The van der Waals surface area contributed by atoms with Crippen molar-refractivity contribution in [2.75, 3.05) is 13.1 Å². The van der Waals surface area contributed by atoms with Gasteiger partial charge in [0.25, 0.3) is 0 Å². The third-order valence-electron chi connectivity index (χ3n) is 2.80. The van der Waals surface area contributed by atoms with E-state index in [2.05, 4.69) is 10.0 Å². The summed E-state index contributed by atoms with van der Waals surface area (Å²) in [6.07, 6.45) is 2.98. The molecule has 0 saturated heterocycles. The smallest absolute Gasteiger partial charge is 0.240 e. The standard InChI is InChI=1S/C12H16F2N2O2S/c13-9-6-10(14)8-12(7-9)19(17,18)16-5-1-4-15-11-2-3-11/h6-8,11,15-16H,1-5H2. The van der Waals surface area contributed by atoms with Gasteiger partial charge in [0.15, 0.2) is 0 Å². The van der Waals surface area contributed by atoms with Crippen LogP contribution in [-0.2, 0) is 10.0 Å². The van der Waals surface area contributed by atoms with E-state index in [1.54, 1.807) is 0 Å². The molecular weight excluding hydrogens is 274 g/mol. The number of benzene rings is 1. The zero-order valence-electron chi connectivity index (χ0n) is 10.3. The molecule has 2 rings (SSSR count). The molecule has 0 amide bonds. The quantitative estimate of drug-likeness (QED) is 0.746. The van der Waals surface area contributed by atoms with Crippen molar-refractivity contribution in [1.82, 2.24) is 10.0 Å². The molecule has 2 N–H and O–H groups in total. The fourth-order valence-corrected chi connectivity index (χ4v) is 2.77. The summed E-state index contributed by atoms with van der Waals surface area (Å²) in [6, 6.07) is 2.81. The van der Waals surface area contributed by atoms with Gasteiger partial charge < -0.3 is 5.32 Å². The Morgan fingerprint density at radius 1 is 1.11 bits per heavy atom. The zero-order valence-corrected chi connectivity index (χ0v) is 11.1. The number of nitrogens with one attached hydrogen (secondary N) is 2. The average Bonchev–Trinajstić information content (AvgIpc) is 3.11. The van der Waals surface area contributed by atoms with Gasteiger partial charge in [0.2, 0.25) is 10.0 Å². The van der Waals surface area contributed by atoms with Crippen molar-refractivity contribution in [2.45, 2.75) is 30.2 Å². The van der Waals surface area contributed by atoms with Crippen molar-refractivity contribution in [2.24, 2.45) is 0 Å². The Kier molecular flexibility index (Phi) is 4.49. The summed E-state index contributed by atoms with van der Waals surface area (Å²) in [5.41, 5.74) is 0. The molecule has 0 heterocycles. The lowest BCUT2D eigenvalue weighted by Gasteiger charge is -2.07. The molecule has 0 bridgehead atoms. The van der Waals surface area contributed by atoms with Crippen molar-refractivity contribution < 1.29 is 17.2 Å². The second-order valence-corrected chi connectivity index (χ2v) is 6.35. The third kappa shape index (κ3) is 4.52. The van der Waals surface area contributed by atoms with Gasteiger partial charge in [-0.3, -0.25) is 0 Å². The average molecular weight is 290 g/mol. The Morgan fingerprint density at radius 2 is 1.74 bits per heavy atom. The molecule has 0 radical (unpaired) electrons. The Hall–Kier alpha value is -1.05. The topological polar surface area (TPSA) is 58.2 Å². The maximum Gasteiger partial charge on any atom is 0.240 e. The van der Waals surface area contributed by atoms with Crippen molar-refractivity contribution in [3.8, 4) is 0 Å². The zero-order chi connectivity index (χ0) is 13.9. The Labute approximate surface area is 111 Å². The molecule has 1 aromatic carbocycles. The molecule has 0 atom stereocenters. The van der Waals surface area contributed by atoms with Crippen molar-refractivity contribution >= 4 is 10.0 Å². The highest BCUT2D eigenvalue weighted by molar-refractivity contribution is 7.89. The number of halogens is 2. The summed E-state index contributed by atoms with van der Waals surface area (Å²) in [6.45, 7) is 0.963. The Morgan fingerprint density at radius 3 is 2.32 bits per heavy atom. The number of hydrogen-bond donors (Lipinski definition) is 2. The van der Waals surface area contributed by atoms with E-state index in [0.717, 1.165) is 18.7 Å². The summed E-state index contributed by atoms with van der Waals surface area (Å²) >= 11 is 0. The summed E-state index contributed by atoms with van der Waals surface area (Å²) in [5, 5.41) is 3.25. The van der Waals surface area contributed by atoms with Crippen LogP contribution in [0, 0.1) is 11.6 Å². The van der Waals surface area contributed by atoms with Crippen molar-refractivity contribution in [3.05, 3.63) is 29.8 Å². The number of sulfonamides is 1. The van der Waals surface area contributed by atoms with Crippen molar-refractivity contribution in [1.29, 1.82) is 0 Å². The molecule has 19 heavy (non-hydrogen) atoms. The van der Waals surface area contributed by atoms with E-state index >= 15 is 0 Å². The van der Waals surface area contributed by atoms with Crippen LogP contribution >= 0.6 is 0 Å².